The van der Waals surface area contributed by atoms with Crippen molar-refractivity contribution in [3.8, 4) is 0 Å². The average Bonchev–Trinajstić information content (AvgIpc) is 2.25. The summed E-state index contributed by atoms with van der Waals surface area (Å²) in [6.07, 6.45) is -2.39. The fourth-order valence-electron chi connectivity index (χ4n) is 2.79. The lowest BCUT2D eigenvalue weighted by Gasteiger charge is -2.51. The van der Waals surface area contributed by atoms with E-state index in [4.69, 9.17) is 9.84 Å². The number of hydrogen-bond acceptors (Lipinski definition) is 5. The van der Waals surface area contributed by atoms with Gasteiger partial charge in [-0.15, -0.1) is 0 Å². The van der Waals surface area contributed by atoms with Crippen molar-refractivity contribution in [1.29, 1.82) is 0 Å². The summed E-state index contributed by atoms with van der Waals surface area (Å²) >= 11 is 0. The molecule has 2 aliphatic rings. The number of rotatable bonds is 2. The summed E-state index contributed by atoms with van der Waals surface area (Å²) in [6, 6.07) is 0. The highest BCUT2D eigenvalue weighted by Crippen LogP contribution is 2.54. The summed E-state index contributed by atoms with van der Waals surface area (Å²) in [6.45, 7) is 3.46. The van der Waals surface area contributed by atoms with Crippen molar-refractivity contribution in [2.75, 3.05) is 6.61 Å². The van der Waals surface area contributed by atoms with Crippen molar-refractivity contribution >= 4 is 0 Å². The molecule has 2 fully saturated rings. The smallest absolute Gasteiger partial charge is 0.181 e. The van der Waals surface area contributed by atoms with Gasteiger partial charge in [-0.1, -0.05) is 13.8 Å². The van der Waals surface area contributed by atoms with Crippen molar-refractivity contribution in [2.24, 2.45) is 17.8 Å². The quantitative estimate of drug-likeness (QED) is 0.462. The normalized spacial score (nSPS) is 54.2. The SMILES string of the molecule is CC(C)[C@@H]1OC2(O)C(CO)[C@@H](O)C(O)C12. The molecule has 0 aromatic carbocycles. The molecule has 1 aliphatic heterocycles. The molecule has 15 heavy (non-hydrogen) atoms. The van der Waals surface area contributed by atoms with Crippen LogP contribution in [0.4, 0.5) is 0 Å². The van der Waals surface area contributed by atoms with Gasteiger partial charge >= 0.3 is 0 Å². The predicted molar refractivity (Wildman–Crippen MR) is 50.7 cm³/mol. The van der Waals surface area contributed by atoms with E-state index >= 15 is 0 Å². The van der Waals surface area contributed by atoms with Gasteiger partial charge in [0.15, 0.2) is 5.79 Å². The van der Waals surface area contributed by atoms with Crippen LogP contribution >= 0.6 is 0 Å². The number of hydrogen-bond donors (Lipinski definition) is 4. The maximum Gasteiger partial charge on any atom is 0.181 e. The van der Waals surface area contributed by atoms with Crippen molar-refractivity contribution in [1.82, 2.24) is 0 Å². The summed E-state index contributed by atoms with van der Waals surface area (Å²) in [7, 11) is 0. The standard InChI is InChI=1S/C10H18O5/c1-4(2)9-6-8(13)7(12)5(3-11)10(6,14)15-9/h4-9,11-14H,3H2,1-2H3/t5?,6?,7-,8?,9+,10?/m1/s1. The van der Waals surface area contributed by atoms with E-state index in [1.165, 1.54) is 0 Å². The van der Waals surface area contributed by atoms with Gasteiger partial charge in [0.2, 0.25) is 0 Å². The first-order valence-electron chi connectivity index (χ1n) is 5.30. The largest absolute Gasteiger partial charge is 0.396 e. The fraction of sp³-hybridized carbons (Fsp3) is 1.00. The van der Waals surface area contributed by atoms with Crippen LogP contribution in [0.15, 0.2) is 0 Å². The van der Waals surface area contributed by atoms with Gasteiger partial charge in [0.05, 0.1) is 36.8 Å². The Morgan fingerprint density at radius 3 is 2.33 bits per heavy atom. The molecule has 0 spiro atoms. The van der Waals surface area contributed by atoms with Crippen LogP contribution in [0, 0.1) is 17.8 Å². The third kappa shape index (κ3) is 1.28. The Balaban J connectivity index is 2.22. The lowest BCUT2D eigenvalue weighted by Crippen LogP contribution is -2.64. The van der Waals surface area contributed by atoms with Gasteiger partial charge in [-0.2, -0.15) is 0 Å². The Morgan fingerprint density at radius 2 is 1.87 bits per heavy atom. The average molecular weight is 218 g/mol. The number of aliphatic hydroxyl groups excluding tert-OH is 3. The number of fused-ring (bicyclic) bond motifs is 1. The van der Waals surface area contributed by atoms with Gasteiger partial charge in [-0.3, -0.25) is 0 Å². The van der Waals surface area contributed by atoms with E-state index in [-0.39, 0.29) is 12.0 Å². The van der Waals surface area contributed by atoms with Crippen LogP contribution in [0.5, 0.6) is 0 Å². The molecule has 0 amide bonds. The molecule has 1 saturated heterocycles. The Bertz CT molecular complexity index is 256. The van der Waals surface area contributed by atoms with E-state index in [1.54, 1.807) is 0 Å². The Morgan fingerprint density at radius 1 is 1.27 bits per heavy atom. The van der Waals surface area contributed by atoms with E-state index in [9.17, 15) is 15.3 Å². The van der Waals surface area contributed by atoms with Crippen molar-refractivity contribution in [3.05, 3.63) is 0 Å². The Labute approximate surface area is 88.3 Å². The van der Waals surface area contributed by atoms with Crippen LogP contribution in [0.25, 0.3) is 0 Å². The summed E-state index contributed by atoms with van der Waals surface area (Å²) in [5.41, 5.74) is 0. The molecule has 88 valence electrons. The highest BCUT2D eigenvalue weighted by molar-refractivity contribution is 5.12. The van der Waals surface area contributed by atoms with Crippen LogP contribution in [0.3, 0.4) is 0 Å². The first-order valence-corrected chi connectivity index (χ1v) is 5.30. The second-order valence-electron chi connectivity index (χ2n) is 4.87. The molecule has 1 saturated carbocycles. The molecule has 4 unspecified atom stereocenters. The zero-order valence-electron chi connectivity index (χ0n) is 8.87. The molecule has 0 bridgehead atoms. The zero-order valence-corrected chi connectivity index (χ0v) is 8.87. The molecule has 1 aliphatic carbocycles. The minimum Gasteiger partial charge on any atom is -0.396 e. The van der Waals surface area contributed by atoms with E-state index in [2.05, 4.69) is 0 Å². The number of ether oxygens (including phenoxy) is 1. The van der Waals surface area contributed by atoms with Crippen LogP contribution < -0.4 is 0 Å². The number of aliphatic hydroxyl groups is 4. The summed E-state index contributed by atoms with van der Waals surface area (Å²) in [5.74, 6) is -2.70. The summed E-state index contributed by atoms with van der Waals surface area (Å²) < 4.78 is 5.33. The summed E-state index contributed by atoms with van der Waals surface area (Å²) in [5, 5.41) is 38.5. The van der Waals surface area contributed by atoms with E-state index in [0.717, 1.165) is 0 Å². The Kier molecular flexibility index (Phi) is 2.56. The van der Waals surface area contributed by atoms with Crippen LogP contribution in [-0.2, 0) is 4.74 Å². The molecule has 5 heteroatoms. The maximum absolute atomic E-state index is 10.1. The molecular weight excluding hydrogens is 200 g/mol. The van der Waals surface area contributed by atoms with Crippen molar-refractivity contribution < 1.29 is 25.2 Å². The second-order valence-corrected chi connectivity index (χ2v) is 4.87. The van der Waals surface area contributed by atoms with E-state index < -0.39 is 36.4 Å². The molecular formula is C10H18O5. The fourth-order valence-corrected chi connectivity index (χ4v) is 2.79. The first kappa shape index (κ1) is 11.3. The van der Waals surface area contributed by atoms with E-state index in [0.29, 0.717) is 0 Å². The summed E-state index contributed by atoms with van der Waals surface area (Å²) in [4.78, 5) is 0. The van der Waals surface area contributed by atoms with Gasteiger partial charge in [0.1, 0.15) is 0 Å². The van der Waals surface area contributed by atoms with Gasteiger partial charge < -0.3 is 25.2 Å². The zero-order chi connectivity index (χ0) is 11.4. The van der Waals surface area contributed by atoms with Crippen LogP contribution in [0.1, 0.15) is 13.8 Å². The van der Waals surface area contributed by atoms with Gasteiger partial charge in [0.25, 0.3) is 0 Å². The molecule has 5 nitrogen and oxygen atoms in total. The predicted octanol–water partition coefficient (Wildman–Crippen LogP) is -1.31. The van der Waals surface area contributed by atoms with Crippen LogP contribution in [-0.4, -0.2) is 51.1 Å². The van der Waals surface area contributed by atoms with E-state index in [1.807, 2.05) is 13.8 Å². The van der Waals surface area contributed by atoms with Gasteiger partial charge in [-0.25, -0.2) is 0 Å². The maximum atomic E-state index is 10.1. The minimum absolute atomic E-state index is 0.162. The van der Waals surface area contributed by atoms with Crippen LogP contribution in [0.2, 0.25) is 0 Å². The Hall–Kier alpha value is -0.200. The van der Waals surface area contributed by atoms with Crippen molar-refractivity contribution in [3.63, 3.8) is 0 Å². The highest BCUT2D eigenvalue weighted by atomic mass is 16.7. The topological polar surface area (TPSA) is 90.2 Å². The molecule has 4 N–H and O–H groups in total. The van der Waals surface area contributed by atoms with Gasteiger partial charge in [0, 0.05) is 0 Å². The monoisotopic (exact) mass is 218 g/mol. The highest BCUT2D eigenvalue weighted by Gasteiger charge is 2.70. The first-order chi connectivity index (χ1) is 6.93. The van der Waals surface area contributed by atoms with Crippen molar-refractivity contribution in [2.45, 2.75) is 37.9 Å². The molecule has 2 rings (SSSR count). The molecule has 0 aromatic heterocycles. The third-order valence-electron chi connectivity index (χ3n) is 3.67. The minimum atomic E-state index is -1.55. The molecule has 1 heterocycles. The lowest BCUT2D eigenvalue weighted by atomic mass is 9.79. The third-order valence-corrected chi connectivity index (χ3v) is 3.67. The second kappa shape index (κ2) is 3.40. The molecule has 6 atom stereocenters. The van der Waals surface area contributed by atoms with Gasteiger partial charge in [-0.05, 0) is 5.92 Å². The molecule has 0 radical (unpaired) electrons. The lowest BCUT2D eigenvalue weighted by molar-refractivity contribution is -0.388. The molecule has 0 aromatic rings.